The van der Waals surface area contributed by atoms with Crippen LogP contribution >= 0.6 is 0 Å². The molecule has 1 fully saturated rings. The zero-order valence-electron chi connectivity index (χ0n) is 19.1. The van der Waals surface area contributed by atoms with Gasteiger partial charge in [0.05, 0.1) is 0 Å². The van der Waals surface area contributed by atoms with Gasteiger partial charge in [-0.2, -0.15) is 0 Å². The Morgan fingerprint density at radius 1 is 1.14 bits per heavy atom. The van der Waals surface area contributed by atoms with Gasteiger partial charge in [-0.05, 0) is 45.3 Å². The van der Waals surface area contributed by atoms with E-state index in [9.17, 15) is 9.59 Å². The van der Waals surface area contributed by atoms with E-state index in [-0.39, 0.29) is 6.09 Å². The van der Waals surface area contributed by atoms with E-state index in [0.717, 1.165) is 24.9 Å². The molecule has 0 bridgehead atoms. The van der Waals surface area contributed by atoms with Crippen molar-refractivity contribution in [2.45, 2.75) is 65.9 Å². The van der Waals surface area contributed by atoms with Crippen LogP contribution < -0.4 is 16.4 Å². The maximum Gasteiger partial charge on any atom is 0.407 e. The topological polar surface area (TPSA) is 93.4 Å². The molecule has 1 aromatic rings. The lowest BCUT2D eigenvalue weighted by atomic mass is 9.89. The third kappa shape index (κ3) is 17.9. The summed E-state index contributed by atoms with van der Waals surface area (Å²) in [5.74, 6) is 0.640. The van der Waals surface area contributed by atoms with E-state index < -0.39 is 0 Å². The number of benzene rings is 1. The molecule has 0 spiro atoms. The molecule has 2 rings (SSSR count). The summed E-state index contributed by atoms with van der Waals surface area (Å²) in [6.45, 7) is 7.94. The second-order valence-corrected chi connectivity index (χ2v) is 6.51. The van der Waals surface area contributed by atoms with Crippen LogP contribution in [0, 0.1) is 12.8 Å². The smallest absolute Gasteiger partial charge is 0.407 e. The lowest BCUT2D eigenvalue weighted by Gasteiger charge is -2.21. The summed E-state index contributed by atoms with van der Waals surface area (Å²) in [6, 6.07) is 8.03. The van der Waals surface area contributed by atoms with Crippen molar-refractivity contribution in [3.63, 3.8) is 0 Å². The number of alkyl carbamates (subject to hydrolysis) is 1. The van der Waals surface area contributed by atoms with Gasteiger partial charge in [0.2, 0.25) is 0 Å². The minimum atomic E-state index is -0.300. The fourth-order valence-corrected chi connectivity index (χ4v) is 2.71. The second-order valence-electron chi connectivity index (χ2n) is 6.51. The molecule has 0 unspecified atom stereocenters. The number of carbonyl (C=O) groups is 2. The first kappa shape index (κ1) is 29.3. The molecule has 168 valence electrons. The highest BCUT2D eigenvalue weighted by Crippen LogP contribution is 2.22. The molecular weight excluding hydrogens is 366 g/mol. The van der Waals surface area contributed by atoms with Crippen molar-refractivity contribution in [2.75, 3.05) is 27.2 Å². The molecule has 29 heavy (non-hydrogen) atoms. The number of amides is 1. The molecule has 0 aromatic heterocycles. The molecule has 1 aliphatic carbocycles. The van der Waals surface area contributed by atoms with Crippen LogP contribution in [0.25, 0.3) is 0 Å². The van der Waals surface area contributed by atoms with Gasteiger partial charge in [-0.15, -0.1) is 0 Å². The van der Waals surface area contributed by atoms with Gasteiger partial charge in [-0.25, -0.2) is 4.79 Å². The number of carbonyl (C=O) groups excluding carboxylic acids is 2. The maximum atomic E-state index is 11.6. The molecule has 1 saturated carbocycles. The number of aryl methyl sites for hydroxylation is 1. The van der Waals surface area contributed by atoms with Crippen molar-refractivity contribution in [2.24, 2.45) is 11.7 Å². The van der Waals surface area contributed by atoms with Crippen LogP contribution in [0.3, 0.4) is 0 Å². The molecule has 0 radical (unpaired) electrons. The molecule has 0 atom stereocenters. The molecule has 0 saturated heterocycles. The molecule has 0 heterocycles. The molecule has 6 heteroatoms. The van der Waals surface area contributed by atoms with Crippen molar-refractivity contribution in [1.29, 1.82) is 0 Å². The van der Waals surface area contributed by atoms with E-state index in [4.69, 9.17) is 4.74 Å². The van der Waals surface area contributed by atoms with E-state index in [1.54, 1.807) is 0 Å². The zero-order valence-corrected chi connectivity index (χ0v) is 19.1. The summed E-state index contributed by atoms with van der Waals surface area (Å²) in [5.41, 5.74) is 6.74. The first-order valence-electron chi connectivity index (χ1n) is 10.8. The standard InChI is InChI=1S/C16H23NO2.C4H9NO.C2H6.CH5N/c1-13-7-9-15(10-8-13)12-19-16(18)17-11-14-5-3-2-4-6-14;1-5-3-2-4-6;2*1-2/h7-10,14H,2-6,11-12H2,1H3,(H,17,18);4-5H,2-3H2,1H3;1-2H3;2H2,1H3. The van der Waals surface area contributed by atoms with Crippen molar-refractivity contribution < 1.29 is 14.3 Å². The van der Waals surface area contributed by atoms with E-state index in [0.29, 0.717) is 18.9 Å². The SMILES string of the molecule is CC.CN.CNCCC=O.Cc1ccc(COC(=O)NCC2CCCCC2)cc1. The Hall–Kier alpha value is -1.92. The summed E-state index contributed by atoms with van der Waals surface area (Å²) in [4.78, 5) is 21.1. The fourth-order valence-electron chi connectivity index (χ4n) is 2.71. The summed E-state index contributed by atoms with van der Waals surface area (Å²) in [7, 11) is 3.32. The predicted octanol–water partition coefficient (Wildman–Crippen LogP) is 4.20. The number of ether oxygens (including phenoxy) is 1. The number of hydrogen-bond acceptors (Lipinski definition) is 5. The van der Waals surface area contributed by atoms with Crippen LogP contribution in [-0.2, 0) is 16.1 Å². The summed E-state index contributed by atoms with van der Waals surface area (Å²) in [6.07, 6.45) is 7.62. The van der Waals surface area contributed by atoms with Gasteiger partial charge in [0.1, 0.15) is 12.9 Å². The summed E-state index contributed by atoms with van der Waals surface area (Å²) in [5, 5.41) is 5.71. The Morgan fingerprint density at radius 3 is 2.21 bits per heavy atom. The third-order valence-electron chi connectivity index (χ3n) is 4.26. The molecular formula is C23H43N3O3. The number of aldehydes is 1. The van der Waals surface area contributed by atoms with Gasteiger partial charge in [0, 0.05) is 19.5 Å². The zero-order chi connectivity index (χ0) is 22.3. The van der Waals surface area contributed by atoms with Gasteiger partial charge in [0.15, 0.2) is 0 Å². The van der Waals surface area contributed by atoms with Gasteiger partial charge < -0.3 is 25.9 Å². The molecule has 4 N–H and O–H groups in total. The van der Waals surface area contributed by atoms with Gasteiger partial charge in [-0.1, -0.05) is 62.9 Å². The minimum absolute atomic E-state index is 0.300. The first-order chi connectivity index (χ1) is 14.2. The molecule has 1 aliphatic rings. The Balaban J connectivity index is 0. The minimum Gasteiger partial charge on any atom is -0.445 e. The van der Waals surface area contributed by atoms with Crippen molar-refractivity contribution in [3.8, 4) is 0 Å². The van der Waals surface area contributed by atoms with Crippen LogP contribution in [0.15, 0.2) is 24.3 Å². The van der Waals surface area contributed by atoms with E-state index in [1.807, 2.05) is 52.1 Å². The van der Waals surface area contributed by atoms with Crippen LogP contribution in [0.1, 0.15) is 63.5 Å². The van der Waals surface area contributed by atoms with E-state index in [2.05, 4.69) is 16.4 Å². The fraction of sp³-hybridized carbons (Fsp3) is 0.652. The van der Waals surface area contributed by atoms with Gasteiger partial charge >= 0.3 is 6.09 Å². The Labute approximate surface area is 178 Å². The number of hydrogen-bond donors (Lipinski definition) is 3. The summed E-state index contributed by atoms with van der Waals surface area (Å²) < 4.78 is 5.21. The Bertz CT molecular complexity index is 487. The monoisotopic (exact) mass is 409 g/mol. The van der Waals surface area contributed by atoms with Crippen LogP contribution in [-0.4, -0.2) is 39.6 Å². The lowest BCUT2D eigenvalue weighted by Crippen LogP contribution is -2.30. The first-order valence-corrected chi connectivity index (χ1v) is 10.8. The normalized spacial score (nSPS) is 12.6. The maximum absolute atomic E-state index is 11.6. The van der Waals surface area contributed by atoms with Crippen molar-refractivity contribution in [3.05, 3.63) is 35.4 Å². The number of nitrogens with two attached hydrogens (primary N) is 1. The predicted molar refractivity (Wildman–Crippen MR) is 122 cm³/mol. The summed E-state index contributed by atoms with van der Waals surface area (Å²) >= 11 is 0. The molecule has 1 aromatic carbocycles. The molecule has 1 amide bonds. The van der Waals surface area contributed by atoms with Gasteiger partial charge in [-0.3, -0.25) is 0 Å². The molecule has 0 aliphatic heterocycles. The molecule has 6 nitrogen and oxygen atoms in total. The highest BCUT2D eigenvalue weighted by atomic mass is 16.5. The average Bonchev–Trinajstić information content (AvgIpc) is 2.79. The van der Waals surface area contributed by atoms with Crippen LogP contribution in [0.4, 0.5) is 4.79 Å². The quantitative estimate of drug-likeness (QED) is 0.463. The Morgan fingerprint density at radius 2 is 1.72 bits per heavy atom. The largest absolute Gasteiger partial charge is 0.445 e. The Kier molecular flexibility index (Phi) is 22.6. The number of nitrogens with one attached hydrogen (secondary N) is 2. The lowest BCUT2D eigenvalue weighted by molar-refractivity contribution is -0.107. The van der Waals surface area contributed by atoms with E-state index >= 15 is 0 Å². The number of rotatable bonds is 7. The van der Waals surface area contributed by atoms with E-state index in [1.165, 1.54) is 44.7 Å². The highest BCUT2D eigenvalue weighted by molar-refractivity contribution is 5.67. The van der Waals surface area contributed by atoms with Crippen LogP contribution in [0.5, 0.6) is 0 Å². The average molecular weight is 410 g/mol. The second kappa shape index (κ2) is 22.4. The van der Waals surface area contributed by atoms with Crippen molar-refractivity contribution in [1.82, 2.24) is 10.6 Å². The van der Waals surface area contributed by atoms with Crippen molar-refractivity contribution >= 4 is 12.4 Å². The van der Waals surface area contributed by atoms with Crippen LogP contribution in [0.2, 0.25) is 0 Å². The third-order valence-corrected chi connectivity index (χ3v) is 4.26. The highest BCUT2D eigenvalue weighted by Gasteiger charge is 2.14. The van der Waals surface area contributed by atoms with Gasteiger partial charge in [0.25, 0.3) is 0 Å².